The second-order valence-electron chi connectivity index (χ2n) is 5.80. The molecule has 0 aliphatic carbocycles. The third-order valence-corrected chi connectivity index (χ3v) is 4.06. The average molecular weight is 308 g/mol. The predicted octanol–water partition coefficient (Wildman–Crippen LogP) is 6.28. The van der Waals surface area contributed by atoms with Gasteiger partial charge >= 0.3 is 0 Å². The molecule has 0 nitrogen and oxygen atoms in total. The molecule has 0 aliphatic heterocycles. The van der Waals surface area contributed by atoms with E-state index in [0.29, 0.717) is 0 Å². The Bertz CT molecular complexity index is 918. The highest BCUT2D eigenvalue weighted by Gasteiger charge is 2.06. The average Bonchev–Trinajstić information content (AvgIpc) is 2.65. The van der Waals surface area contributed by atoms with Gasteiger partial charge in [-0.25, -0.2) is 0 Å². The van der Waals surface area contributed by atoms with E-state index in [2.05, 4.69) is 86.0 Å². The van der Waals surface area contributed by atoms with E-state index >= 15 is 0 Å². The molecule has 0 heterocycles. The molecule has 3 aromatic carbocycles. The molecule has 0 heteroatoms. The molecule has 0 bridgehead atoms. The van der Waals surface area contributed by atoms with Gasteiger partial charge in [0.25, 0.3) is 0 Å². The van der Waals surface area contributed by atoms with Crippen molar-refractivity contribution in [2.24, 2.45) is 0 Å². The van der Waals surface area contributed by atoms with Crippen LogP contribution < -0.4 is 0 Å². The molecule has 0 amide bonds. The minimum atomic E-state index is 1.07. The number of allylic oxidation sites excluding steroid dienone is 1. The summed E-state index contributed by atoms with van der Waals surface area (Å²) in [6, 6.07) is 29.1. The fraction of sp³-hybridized carbons (Fsp3) is 0.0833. The first-order valence-electron chi connectivity index (χ1n) is 8.15. The maximum atomic E-state index is 3.42. The van der Waals surface area contributed by atoms with Gasteiger partial charge in [-0.15, -0.1) is 0 Å². The van der Waals surface area contributed by atoms with Gasteiger partial charge in [0.1, 0.15) is 0 Å². The SMILES string of the molecule is CC(=C=C=C(c1ccccc1)c1ccccc1C)c1ccccc1. The number of benzene rings is 3. The maximum Gasteiger partial charge on any atom is 0.0396 e. The Balaban J connectivity index is 2.23. The number of hydrogen-bond donors (Lipinski definition) is 0. The zero-order valence-electron chi connectivity index (χ0n) is 14.1. The van der Waals surface area contributed by atoms with Gasteiger partial charge in [0.2, 0.25) is 0 Å². The second-order valence-corrected chi connectivity index (χ2v) is 5.80. The van der Waals surface area contributed by atoms with E-state index < -0.39 is 0 Å². The molecule has 0 radical (unpaired) electrons. The summed E-state index contributed by atoms with van der Waals surface area (Å²) in [6.07, 6.45) is 0. The molecule has 116 valence electrons. The van der Waals surface area contributed by atoms with Gasteiger partial charge in [-0.3, -0.25) is 0 Å². The Morgan fingerprint density at radius 2 is 1.17 bits per heavy atom. The van der Waals surface area contributed by atoms with Gasteiger partial charge in [0.15, 0.2) is 0 Å². The highest BCUT2D eigenvalue weighted by Crippen LogP contribution is 2.25. The van der Waals surface area contributed by atoms with Crippen LogP contribution in [-0.2, 0) is 0 Å². The fourth-order valence-electron chi connectivity index (χ4n) is 2.67. The predicted molar refractivity (Wildman–Crippen MR) is 103 cm³/mol. The lowest BCUT2D eigenvalue weighted by molar-refractivity contribution is 1.41. The summed E-state index contributed by atoms with van der Waals surface area (Å²) in [7, 11) is 0. The smallest absolute Gasteiger partial charge is 0.0396 e. The lowest BCUT2D eigenvalue weighted by Gasteiger charge is -2.08. The topological polar surface area (TPSA) is 0 Å². The molecular formula is C24H20. The van der Waals surface area contributed by atoms with Crippen LogP contribution in [0, 0.1) is 6.92 Å². The first-order valence-corrected chi connectivity index (χ1v) is 8.15. The molecule has 0 aromatic heterocycles. The van der Waals surface area contributed by atoms with Crippen LogP contribution in [0.3, 0.4) is 0 Å². The van der Waals surface area contributed by atoms with E-state index in [1.165, 1.54) is 16.7 Å². The van der Waals surface area contributed by atoms with Crippen LogP contribution in [-0.4, -0.2) is 0 Å². The van der Waals surface area contributed by atoms with Crippen molar-refractivity contribution >= 4 is 11.1 Å². The molecule has 0 atom stereocenters. The van der Waals surface area contributed by atoms with Crippen molar-refractivity contribution in [3.05, 3.63) is 119 Å². The quantitative estimate of drug-likeness (QED) is 0.499. The molecular weight excluding hydrogens is 288 g/mol. The molecule has 3 rings (SSSR count). The lowest BCUT2D eigenvalue weighted by Crippen LogP contribution is -1.89. The molecule has 0 saturated heterocycles. The first-order chi connectivity index (χ1) is 11.8. The van der Waals surface area contributed by atoms with Crippen LogP contribution in [0.5, 0.6) is 0 Å². The van der Waals surface area contributed by atoms with Crippen molar-refractivity contribution in [2.75, 3.05) is 0 Å². The first kappa shape index (κ1) is 15.8. The molecule has 0 spiro atoms. The highest BCUT2D eigenvalue weighted by atomic mass is 14.1. The van der Waals surface area contributed by atoms with Crippen LogP contribution in [0.15, 0.2) is 96.4 Å². The van der Waals surface area contributed by atoms with Gasteiger partial charge in [-0.1, -0.05) is 96.4 Å². The van der Waals surface area contributed by atoms with Crippen molar-refractivity contribution in [3.8, 4) is 0 Å². The normalized spacial score (nSPS) is 9.75. The molecule has 3 aromatic rings. The Labute approximate surface area is 144 Å². The van der Waals surface area contributed by atoms with E-state index in [1.54, 1.807) is 0 Å². The Morgan fingerprint density at radius 1 is 0.625 bits per heavy atom. The van der Waals surface area contributed by atoms with Crippen LogP contribution in [0.1, 0.15) is 29.2 Å². The maximum absolute atomic E-state index is 3.42. The van der Waals surface area contributed by atoms with Gasteiger partial charge in [0, 0.05) is 11.1 Å². The van der Waals surface area contributed by atoms with Crippen molar-refractivity contribution in [3.63, 3.8) is 0 Å². The van der Waals surface area contributed by atoms with Crippen LogP contribution in [0.25, 0.3) is 11.1 Å². The van der Waals surface area contributed by atoms with Crippen molar-refractivity contribution in [1.29, 1.82) is 0 Å². The van der Waals surface area contributed by atoms with Gasteiger partial charge in [-0.2, -0.15) is 0 Å². The van der Waals surface area contributed by atoms with E-state index in [0.717, 1.165) is 16.7 Å². The third-order valence-electron chi connectivity index (χ3n) is 4.06. The summed E-state index contributed by atoms with van der Waals surface area (Å²) < 4.78 is 0. The Hall–Kier alpha value is -3.04. The summed E-state index contributed by atoms with van der Waals surface area (Å²) in [5, 5.41) is 0. The number of aryl methyl sites for hydroxylation is 1. The highest BCUT2D eigenvalue weighted by molar-refractivity contribution is 5.81. The number of hydrogen-bond acceptors (Lipinski definition) is 0. The Morgan fingerprint density at radius 3 is 1.79 bits per heavy atom. The summed E-state index contributed by atoms with van der Waals surface area (Å²) >= 11 is 0. The zero-order chi connectivity index (χ0) is 16.8. The zero-order valence-corrected chi connectivity index (χ0v) is 14.1. The molecule has 0 saturated carbocycles. The summed E-state index contributed by atoms with van der Waals surface area (Å²) in [5.41, 5.74) is 13.7. The van der Waals surface area contributed by atoms with Crippen molar-refractivity contribution < 1.29 is 0 Å². The third kappa shape index (κ3) is 3.65. The minimum absolute atomic E-state index is 1.07. The summed E-state index contributed by atoms with van der Waals surface area (Å²) in [6.45, 7) is 4.20. The molecule has 0 fully saturated rings. The molecule has 0 aliphatic rings. The van der Waals surface area contributed by atoms with Crippen LogP contribution >= 0.6 is 0 Å². The number of rotatable bonds is 3. The largest absolute Gasteiger partial charge is 0.0657 e. The summed E-state index contributed by atoms with van der Waals surface area (Å²) in [4.78, 5) is 0. The van der Waals surface area contributed by atoms with Crippen molar-refractivity contribution in [1.82, 2.24) is 0 Å². The van der Waals surface area contributed by atoms with Gasteiger partial charge < -0.3 is 0 Å². The standard InChI is InChI=1S/C24H20/c1-19(21-12-5-3-6-13-21)17-18-24(22-14-7-4-8-15-22)23-16-10-9-11-20(23)2/h3-16H,1-2H3. The van der Waals surface area contributed by atoms with E-state index in [-0.39, 0.29) is 0 Å². The Kier molecular flexibility index (Phi) is 4.94. The monoisotopic (exact) mass is 308 g/mol. The molecule has 0 N–H and O–H groups in total. The molecule has 24 heavy (non-hydrogen) atoms. The van der Waals surface area contributed by atoms with Gasteiger partial charge in [0.05, 0.1) is 0 Å². The van der Waals surface area contributed by atoms with Crippen LogP contribution in [0.4, 0.5) is 0 Å². The van der Waals surface area contributed by atoms with Gasteiger partial charge in [-0.05, 0) is 36.1 Å². The summed E-state index contributed by atoms with van der Waals surface area (Å²) in [5.74, 6) is 0. The van der Waals surface area contributed by atoms with E-state index in [1.807, 2.05) is 24.3 Å². The van der Waals surface area contributed by atoms with Crippen LogP contribution in [0.2, 0.25) is 0 Å². The van der Waals surface area contributed by atoms with Crippen molar-refractivity contribution in [2.45, 2.75) is 13.8 Å². The van der Waals surface area contributed by atoms with E-state index in [9.17, 15) is 0 Å². The second kappa shape index (κ2) is 7.49. The fourth-order valence-corrected chi connectivity index (χ4v) is 2.67. The minimum Gasteiger partial charge on any atom is -0.0657 e. The lowest BCUT2D eigenvalue weighted by atomic mass is 9.95. The molecule has 0 unspecified atom stereocenters. The van der Waals surface area contributed by atoms with E-state index in [4.69, 9.17) is 0 Å².